The molecule has 1 atom stereocenters. The molecule has 1 rings (SSSR count). The Kier molecular flexibility index (Phi) is 3.70. The SMILES string of the molecule is CCC[C@@](C)(O)c1ccccc1CC. The van der Waals surface area contributed by atoms with Crippen molar-refractivity contribution in [1.29, 1.82) is 0 Å². The van der Waals surface area contributed by atoms with Gasteiger partial charge in [0.05, 0.1) is 5.60 Å². The summed E-state index contributed by atoms with van der Waals surface area (Å²) in [5.74, 6) is 0. The van der Waals surface area contributed by atoms with Crippen molar-refractivity contribution in [2.75, 3.05) is 0 Å². The van der Waals surface area contributed by atoms with Crippen LogP contribution in [0.5, 0.6) is 0 Å². The predicted molar refractivity (Wildman–Crippen MR) is 60.3 cm³/mol. The summed E-state index contributed by atoms with van der Waals surface area (Å²) >= 11 is 0. The van der Waals surface area contributed by atoms with Crippen LogP contribution in [0.2, 0.25) is 0 Å². The van der Waals surface area contributed by atoms with Crippen molar-refractivity contribution in [3.63, 3.8) is 0 Å². The fraction of sp³-hybridized carbons (Fsp3) is 0.538. The monoisotopic (exact) mass is 192 g/mol. The van der Waals surface area contributed by atoms with E-state index < -0.39 is 5.60 Å². The fourth-order valence-corrected chi connectivity index (χ4v) is 1.98. The lowest BCUT2D eigenvalue weighted by Gasteiger charge is -2.25. The van der Waals surface area contributed by atoms with Crippen LogP contribution < -0.4 is 0 Å². The van der Waals surface area contributed by atoms with Crippen LogP contribution in [-0.2, 0) is 12.0 Å². The van der Waals surface area contributed by atoms with E-state index in [1.807, 2.05) is 25.1 Å². The van der Waals surface area contributed by atoms with E-state index in [0.717, 1.165) is 24.8 Å². The average molecular weight is 192 g/mol. The van der Waals surface area contributed by atoms with E-state index in [1.165, 1.54) is 5.56 Å². The smallest absolute Gasteiger partial charge is 0.0871 e. The molecule has 0 fully saturated rings. The lowest BCUT2D eigenvalue weighted by molar-refractivity contribution is 0.0461. The first-order valence-corrected chi connectivity index (χ1v) is 5.42. The molecule has 1 heteroatoms. The molecule has 14 heavy (non-hydrogen) atoms. The van der Waals surface area contributed by atoms with Gasteiger partial charge in [-0.3, -0.25) is 0 Å². The molecule has 0 unspecified atom stereocenters. The van der Waals surface area contributed by atoms with Crippen LogP contribution in [0.4, 0.5) is 0 Å². The zero-order chi connectivity index (χ0) is 10.6. The lowest BCUT2D eigenvalue weighted by atomic mass is 9.87. The Labute approximate surface area is 86.8 Å². The summed E-state index contributed by atoms with van der Waals surface area (Å²) in [4.78, 5) is 0. The van der Waals surface area contributed by atoms with Gasteiger partial charge in [0.25, 0.3) is 0 Å². The minimum absolute atomic E-state index is 0.665. The van der Waals surface area contributed by atoms with Gasteiger partial charge in [0.2, 0.25) is 0 Å². The molecule has 0 aliphatic heterocycles. The van der Waals surface area contributed by atoms with Crippen LogP contribution in [0.15, 0.2) is 24.3 Å². The van der Waals surface area contributed by atoms with Gasteiger partial charge in [0, 0.05) is 0 Å². The molecule has 1 aromatic carbocycles. The van der Waals surface area contributed by atoms with Gasteiger partial charge in [-0.05, 0) is 30.9 Å². The van der Waals surface area contributed by atoms with Gasteiger partial charge in [0.15, 0.2) is 0 Å². The molecule has 0 spiro atoms. The van der Waals surface area contributed by atoms with Crippen LogP contribution >= 0.6 is 0 Å². The first-order valence-electron chi connectivity index (χ1n) is 5.42. The van der Waals surface area contributed by atoms with Gasteiger partial charge in [-0.15, -0.1) is 0 Å². The first-order chi connectivity index (χ1) is 6.61. The van der Waals surface area contributed by atoms with E-state index in [9.17, 15) is 5.11 Å². The normalized spacial score (nSPS) is 15.1. The number of hydrogen-bond acceptors (Lipinski definition) is 1. The summed E-state index contributed by atoms with van der Waals surface area (Å²) < 4.78 is 0. The molecule has 0 bridgehead atoms. The quantitative estimate of drug-likeness (QED) is 0.776. The topological polar surface area (TPSA) is 20.2 Å². The molecule has 1 aromatic rings. The van der Waals surface area contributed by atoms with Crippen molar-refractivity contribution in [3.8, 4) is 0 Å². The van der Waals surface area contributed by atoms with Gasteiger partial charge in [-0.1, -0.05) is 44.5 Å². The highest BCUT2D eigenvalue weighted by molar-refractivity contribution is 5.31. The second-order valence-electron chi connectivity index (χ2n) is 4.03. The standard InChI is InChI=1S/C13H20O/c1-4-10-13(3,14)12-9-7-6-8-11(12)5-2/h6-9,14H,4-5,10H2,1-3H3/t13-/m1/s1. The van der Waals surface area contributed by atoms with Crippen molar-refractivity contribution in [1.82, 2.24) is 0 Å². The summed E-state index contributed by atoms with van der Waals surface area (Å²) in [5.41, 5.74) is 1.68. The number of aryl methyl sites for hydroxylation is 1. The Morgan fingerprint density at radius 3 is 2.43 bits per heavy atom. The summed E-state index contributed by atoms with van der Waals surface area (Å²) in [5, 5.41) is 10.3. The fourth-order valence-electron chi connectivity index (χ4n) is 1.98. The number of aliphatic hydroxyl groups is 1. The Morgan fingerprint density at radius 1 is 1.21 bits per heavy atom. The number of benzene rings is 1. The lowest BCUT2D eigenvalue weighted by Crippen LogP contribution is -2.22. The van der Waals surface area contributed by atoms with Crippen LogP contribution in [0, 0.1) is 0 Å². The highest BCUT2D eigenvalue weighted by Crippen LogP contribution is 2.28. The highest BCUT2D eigenvalue weighted by atomic mass is 16.3. The Hall–Kier alpha value is -0.820. The zero-order valence-electron chi connectivity index (χ0n) is 9.38. The molecule has 0 saturated carbocycles. The predicted octanol–water partition coefficient (Wildman–Crippen LogP) is 3.26. The maximum Gasteiger partial charge on any atom is 0.0871 e. The van der Waals surface area contributed by atoms with E-state index in [-0.39, 0.29) is 0 Å². The molecular weight excluding hydrogens is 172 g/mol. The maximum absolute atomic E-state index is 10.3. The van der Waals surface area contributed by atoms with E-state index in [4.69, 9.17) is 0 Å². The Bertz CT molecular complexity index is 289. The third kappa shape index (κ3) is 2.36. The van der Waals surface area contributed by atoms with E-state index in [1.54, 1.807) is 0 Å². The van der Waals surface area contributed by atoms with Crippen LogP contribution in [-0.4, -0.2) is 5.11 Å². The van der Waals surface area contributed by atoms with E-state index >= 15 is 0 Å². The molecule has 0 radical (unpaired) electrons. The van der Waals surface area contributed by atoms with Gasteiger partial charge in [-0.2, -0.15) is 0 Å². The zero-order valence-corrected chi connectivity index (χ0v) is 9.38. The van der Waals surface area contributed by atoms with Crippen molar-refractivity contribution in [2.24, 2.45) is 0 Å². The van der Waals surface area contributed by atoms with E-state index in [0.29, 0.717) is 0 Å². The molecule has 0 aliphatic carbocycles. The van der Waals surface area contributed by atoms with Gasteiger partial charge >= 0.3 is 0 Å². The molecule has 0 heterocycles. The average Bonchev–Trinajstić information content (AvgIpc) is 2.18. The van der Waals surface area contributed by atoms with Crippen LogP contribution in [0.1, 0.15) is 44.7 Å². The van der Waals surface area contributed by atoms with Crippen molar-refractivity contribution >= 4 is 0 Å². The second kappa shape index (κ2) is 4.61. The van der Waals surface area contributed by atoms with E-state index in [2.05, 4.69) is 19.9 Å². The van der Waals surface area contributed by atoms with Gasteiger partial charge < -0.3 is 5.11 Å². The summed E-state index contributed by atoms with van der Waals surface area (Å²) in [6.07, 6.45) is 2.81. The molecule has 1 nitrogen and oxygen atoms in total. The molecule has 78 valence electrons. The second-order valence-corrected chi connectivity index (χ2v) is 4.03. The molecule has 0 aromatic heterocycles. The van der Waals surface area contributed by atoms with Crippen LogP contribution in [0.3, 0.4) is 0 Å². The third-order valence-corrected chi connectivity index (χ3v) is 2.72. The molecular formula is C13H20O. The van der Waals surface area contributed by atoms with Crippen molar-refractivity contribution in [2.45, 2.75) is 45.6 Å². The highest BCUT2D eigenvalue weighted by Gasteiger charge is 2.23. The minimum Gasteiger partial charge on any atom is -0.385 e. The summed E-state index contributed by atoms with van der Waals surface area (Å²) in [6, 6.07) is 8.16. The van der Waals surface area contributed by atoms with Gasteiger partial charge in [0.1, 0.15) is 0 Å². The first kappa shape index (κ1) is 11.3. The molecule has 0 amide bonds. The molecule has 0 saturated heterocycles. The maximum atomic E-state index is 10.3. The summed E-state index contributed by atoms with van der Waals surface area (Å²) in [7, 11) is 0. The summed E-state index contributed by atoms with van der Waals surface area (Å²) in [6.45, 7) is 6.13. The molecule has 0 aliphatic rings. The van der Waals surface area contributed by atoms with Gasteiger partial charge in [-0.25, -0.2) is 0 Å². The number of rotatable bonds is 4. The van der Waals surface area contributed by atoms with Crippen molar-refractivity contribution < 1.29 is 5.11 Å². The third-order valence-electron chi connectivity index (χ3n) is 2.72. The molecule has 1 N–H and O–H groups in total. The Morgan fingerprint density at radius 2 is 1.86 bits per heavy atom. The van der Waals surface area contributed by atoms with Crippen molar-refractivity contribution in [3.05, 3.63) is 35.4 Å². The van der Waals surface area contributed by atoms with Crippen LogP contribution in [0.25, 0.3) is 0 Å². The number of hydrogen-bond donors (Lipinski definition) is 1. The largest absolute Gasteiger partial charge is 0.385 e. The Balaban J connectivity index is 3.04. The minimum atomic E-state index is -0.665.